The first-order chi connectivity index (χ1) is 12.8. The van der Waals surface area contributed by atoms with Gasteiger partial charge in [-0.05, 0) is 24.6 Å². The van der Waals surface area contributed by atoms with Gasteiger partial charge in [0.05, 0.1) is 36.8 Å². The van der Waals surface area contributed by atoms with E-state index in [9.17, 15) is 22.4 Å². The summed E-state index contributed by atoms with van der Waals surface area (Å²) in [5.41, 5.74) is 0.758. The lowest BCUT2D eigenvalue weighted by Gasteiger charge is -2.15. The van der Waals surface area contributed by atoms with E-state index in [1.54, 1.807) is 13.0 Å². The van der Waals surface area contributed by atoms with Gasteiger partial charge in [0.25, 0.3) is 0 Å². The van der Waals surface area contributed by atoms with E-state index in [1.165, 1.54) is 29.2 Å². The quantitative estimate of drug-likeness (QED) is 0.583. The number of halogens is 4. The molecule has 1 aromatic carbocycles. The normalized spacial score (nSPS) is 14.1. The van der Waals surface area contributed by atoms with Gasteiger partial charge in [0.1, 0.15) is 5.82 Å². The van der Waals surface area contributed by atoms with Crippen LogP contribution in [0.3, 0.4) is 0 Å². The van der Waals surface area contributed by atoms with Gasteiger partial charge in [0.2, 0.25) is 5.76 Å². The molecule has 2 aromatic rings. The number of allylic oxidation sites excluding steroid dienone is 1. The van der Waals surface area contributed by atoms with E-state index < -0.39 is 30.5 Å². The maximum atomic E-state index is 14.4. The van der Waals surface area contributed by atoms with Crippen LogP contribution in [0, 0.1) is 5.82 Å². The Balaban J connectivity index is 1.72. The van der Waals surface area contributed by atoms with Crippen molar-refractivity contribution < 1.29 is 31.8 Å². The van der Waals surface area contributed by atoms with Gasteiger partial charge < -0.3 is 14.4 Å². The third-order valence-electron chi connectivity index (χ3n) is 3.72. The van der Waals surface area contributed by atoms with Crippen LogP contribution in [0.15, 0.2) is 42.6 Å². The molecule has 144 valence electrons. The molecule has 10 heteroatoms. The van der Waals surface area contributed by atoms with Gasteiger partial charge in [-0.1, -0.05) is 6.07 Å². The van der Waals surface area contributed by atoms with Crippen molar-refractivity contribution in [1.29, 1.82) is 0 Å². The van der Waals surface area contributed by atoms with Crippen LogP contribution in [0.4, 0.5) is 23.2 Å². The zero-order valence-electron chi connectivity index (χ0n) is 14.2. The van der Waals surface area contributed by atoms with Crippen molar-refractivity contribution in [2.75, 3.05) is 18.2 Å². The second-order valence-corrected chi connectivity index (χ2v) is 5.67. The number of anilines is 1. The molecule has 3 rings (SSSR count). The zero-order chi connectivity index (χ0) is 19.6. The first-order valence-corrected chi connectivity index (χ1v) is 7.94. The molecule has 0 fully saturated rings. The van der Waals surface area contributed by atoms with Crippen LogP contribution in [0.1, 0.15) is 22.8 Å². The van der Waals surface area contributed by atoms with Crippen LogP contribution in [0.5, 0.6) is 0 Å². The highest BCUT2D eigenvalue weighted by Crippen LogP contribution is 2.33. The van der Waals surface area contributed by atoms with Gasteiger partial charge in [0.15, 0.2) is 6.73 Å². The highest BCUT2D eigenvalue weighted by Gasteiger charge is 2.39. The van der Waals surface area contributed by atoms with Crippen LogP contribution in [0.25, 0.3) is 0 Å². The number of hydrogen-bond donors (Lipinski definition) is 0. The summed E-state index contributed by atoms with van der Waals surface area (Å²) >= 11 is 0. The Kier molecular flexibility index (Phi) is 5.06. The molecule has 0 aliphatic carbocycles. The predicted octanol–water partition coefficient (Wildman–Crippen LogP) is 3.45. The molecule has 27 heavy (non-hydrogen) atoms. The number of esters is 1. The molecule has 0 bridgehead atoms. The second kappa shape index (κ2) is 7.29. The van der Waals surface area contributed by atoms with E-state index in [0.717, 1.165) is 11.1 Å². The number of benzene rings is 1. The molecule has 0 saturated carbocycles. The van der Waals surface area contributed by atoms with Crippen LogP contribution in [-0.2, 0) is 16.0 Å². The molecule has 1 aromatic heterocycles. The summed E-state index contributed by atoms with van der Waals surface area (Å²) in [6.45, 7) is 1.68. The van der Waals surface area contributed by atoms with Crippen molar-refractivity contribution in [3.63, 3.8) is 0 Å². The SMILES string of the molecule is CCOC(=O)c1cnn(Cc2ccc(N3C=C(C(F)(F)F)OC3)c(F)c2)c1. The second-order valence-electron chi connectivity index (χ2n) is 5.67. The van der Waals surface area contributed by atoms with Crippen molar-refractivity contribution in [2.24, 2.45) is 0 Å². The molecule has 0 spiro atoms. The fourth-order valence-corrected chi connectivity index (χ4v) is 2.49. The average molecular weight is 385 g/mol. The zero-order valence-corrected chi connectivity index (χ0v) is 14.2. The first-order valence-electron chi connectivity index (χ1n) is 7.94. The number of carbonyl (C=O) groups excluding carboxylic acids is 1. The Bertz CT molecular complexity index is 877. The van der Waals surface area contributed by atoms with Crippen LogP contribution in [-0.4, -0.2) is 35.3 Å². The summed E-state index contributed by atoms with van der Waals surface area (Å²) in [5, 5.41) is 4.01. The first kappa shape index (κ1) is 18.7. The lowest BCUT2D eigenvalue weighted by atomic mass is 10.2. The fourth-order valence-electron chi connectivity index (χ4n) is 2.49. The molecule has 0 N–H and O–H groups in total. The number of alkyl halides is 3. The standard InChI is InChI=1S/C17H15F4N3O3/c1-2-26-16(25)12-6-22-24(8-12)7-11-3-4-14(13(18)5-11)23-9-15(27-10-23)17(19,20)21/h3-6,8-9H,2,7,10H2,1H3. The summed E-state index contributed by atoms with van der Waals surface area (Å²) in [7, 11) is 0. The van der Waals surface area contributed by atoms with E-state index in [2.05, 4.69) is 9.84 Å². The number of hydrogen-bond acceptors (Lipinski definition) is 5. The number of carbonyl (C=O) groups is 1. The Hall–Kier alpha value is -3.04. The van der Waals surface area contributed by atoms with Gasteiger partial charge in [-0.15, -0.1) is 0 Å². The average Bonchev–Trinajstić information content (AvgIpc) is 3.24. The minimum Gasteiger partial charge on any atom is -0.466 e. The van der Waals surface area contributed by atoms with Gasteiger partial charge in [-0.3, -0.25) is 4.68 Å². The lowest BCUT2D eigenvalue weighted by Crippen LogP contribution is -2.15. The third kappa shape index (κ3) is 4.21. The minimum atomic E-state index is -4.62. The Morgan fingerprint density at radius 1 is 1.37 bits per heavy atom. The number of aromatic nitrogens is 2. The van der Waals surface area contributed by atoms with E-state index in [0.29, 0.717) is 5.56 Å². The monoisotopic (exact) mass is 385 g/mol. The summed E-state index contributed by atoms with van der Waals surface area (Å²) in [4.78, 5) is 12.7. The molecule has 0 atom stereocenters. The highest BCUT2D eigenvalue weighted by atomic mass is 19.4. The Morgan fingerprint density at radius 3 is 2.78 bits per heavy atom. The molecule has 2 heterocycles. The molecular weight excluding hydrogens is 370 g/mol. The summed E-state index contributed by atoms with van der Waals surface area (Å²) < 4.78 is 63.0. The van der Waals surface area contributed by atoms with Crippen molar-refractivity contribution in [3.05, 3.63) is 59.5 Å². The molecule has 0 unspecified atom stereocenters. The maximum absolute atomic E-state index is 14.4. The van der Waals surface area contributed by atoms with Gasteiger partial charge in [-0.25, -0.2) is 9.18 Å². The van der Waals surface area contributed by atoms with Crippen LogP contribution >= 0.6 is 0 Å². The van der Waals surface area contributed by atoms with Crippen molar-refractivity contribution in [3.8, 4) is 0 Å². The van der Waals surface area contributed by atoms with Crippen LogP contribution < -0.4 is 4.90 Å². The van der Waals surface area contributed by atoms with Gasteiger partial charge >= 0.3 is 12.1 Å². The highest BCUT2D eigenvalue weighted by molar-refractivity contribution is 5.88. The molecule has 6 nitrogen and oxygen atoms in total. The van der Waals surface area contributed by atoms with Gasteiger partial charge in [0, 0.05) is 6.20 Å². The summed E-state index contributed by atoms with van der Waals surface area (Å²) in [6.07, 6.45) is -1.09. The molecule has 1 aliphatic heterocycles. The molecule has 1 aliphatic rings. The number of rotatable bonds is 5. The van der Waals surface area contributed by atoms with Crippen molar-refractivity contribution in [2.45, 2.75) is 19.6 Å². The number of ether oxygens (including phenoxy) is 2. The number of nitrogens with zero attached hydrogens (tertiary/aromatic N) is 3. The summed E-state index contributed by atoms with van der Waals surface area (Å²) in [6, 6.07) is 4.11. The van der Waals surface area contributed by atoms with E-state index in [1.807, 2.05) is 0 Å². The van der Waals surface area contributed by atoms with Crippen molar-refractivity contribution in [1.82, 2.24) is 9.78 Å². The van der Waals surface area contributed by atoms with E-state index >= 15 is 0 Å². The van der Waals surface area contributed by atoms with Crippen molar-refractivity contribution >= 4 is 11.7 Å². The Labute approximate surface area is 151 Å². The molecule has 0 saturated heterocycles. The third-order valence-corrected chi connectivity index (χ3v) is 3.72. The summed E-state index contributed by atoms with van der Waals surface area (Å²) in [5.74, 6) is -2.38. The molecular formula is C17H15F4N3O3. The van der Waals surface area contributed by atoms with Crippen LogP contribution in [0.2, 0.25) is 0 Å². The van der Waals surface area contributed by atoms with E-state index in [-0.39, 0.29) is 24.4 Å². The fraction of sp³-hybridized carbons (Fsp3) is 0.294. The maximum Gasteiger partial charge on any atom is 0.450 e. The lowest BCUT2D eigenvalue weighted by molar-refractivity contribution is -0.126. The largest absolute Gasteiger partial charge is 0.466 e. The predicted molar refractivity (Wildman–Crippen MR) is 86.3 cm³/mol. The topological polar surface area (TPSA) is 56.6 Å². The van der Waals surface area contributed by atoms with Gasteiger partial charge in [-0.2, -0.15) is 18.3 Å². The Morgan fingerprint density at radius 2 is 2.15 bits per heavy atom. The smallest absolute Gasteiger partial charge is 0.450 e. The minimum absolute atomic E-state index is 0.0364. The molecule has 0 amide bonds. The molecule has 0 radical (unpaired) electrons. The van der Waals surface area contributed by atoms with E-state index in [4.69, 9.17) is 4.74 Å².